The molecule has 4 aromatic rings. The van der Waals surface area contributed by atoms with Crippen LogP contribution in [0.5, 0.6) is 0 Å². The van der Waals surface area contributed by atoms with E-state index in [4.69, 9.17) is 4.42 Å². The lowest BCUT2D eigenvalue weighted by Gasteiger charge is -2.34. The van der Waals surface area contributed by atoms with Gasteiger partial charge in [0, 0.05) is 31.2 Å². The minimum Gasteiger partial charge on any atom is -0.468 e. The van der Waals surface area contributed by atoms with Gasteiger partial charge in [0.1, 0.15) is 5.76 Å². The van der Waals surface area contributed by atoms with Crippen molar-refractivity contribution in [3.05, 3.63) is 115 Å². The van der Waals surface area contributed by atoms with E-state index in [1.165, 1.54) is 5.56 Å². The summed E-state index contributed by atoms with van der Waals surface area (Å²) in [7, 11) is 0. The van der Waals surface area contributed by atoms with Crippen LogP contribution in [0.3, 0.4) is 0 Å². The lowest BCUT2D eigenvalue weighted by Crippen LogP contribution is -2.46. The minimum absolute atomic E-state index is 0.132. The molecule has 41 heavy (non-hydrogen) atoms. The molecule has 1 aromatic heterocycles. The first-order valence-corrected chi connectivity index (χ1v) is 15.0. The topological polar surface area (TPSA) is 60.8 Å². The first kappa shape index (κ1) is 28.7. The number of carbonyl (C=O) groups is 1. The maximum atomic E-state index is 12.9. The summed E-state index contributed by atoms with van der Waals surface area (Å²) in [5.74, 6) is 1.03. The van der Waals surface area contributed by atoms with Crippen molar-refractivity contribution in [3.63, 3.8) is 0 Å². The van der Waals surface area contributed by atoms with Crippen LogP contribution in [0.15, 0.2) is 108 Å². The standard InChI is InChI=1S/C35H42N4O2/c1-2-39(33(34-19-11-26-41-34)27-28-13-5-3-6-14-28)23-12-22-38-24-20-30(21-25-38)36-35(40)37-32-18-10-9-17-31(32)29-15-7-4-8-16-29/h3-11,13-19,26,30,33H,2,12,20-25,27H2,1H3,(H2,36,37,40). The van der Waals surface area contributed by atoms with Crippen molar-refractivity contribution in [2.75, 3.05) is 38.0 Å². The van der Waals surface area contributed by atoms with Gasteiger partial charge < -0.3 is 20.0 Å². The number of nitrogens with one attached hydrogen (secondary N) is 2. The van der Waals surface area contributed by atoms with Crippen LogP contribution in [-0.2, 0) is 6.42 Å². The molecule has 1 atom stereocenters. The van der Waals surface area contributed by atoms with Gasteiger partial charge in [0.2, 0.25) is 0 Å². The van der Waals surface area contributed by atoms with Crippen LogP contribution in [0.2, 0.25) is 0 Å². The number of piperidine rings is 1. The molecule has 1 aliphatic rings. The summed E-state index contributed by atoms with van der Waals surface area (Å²) in [6.45, 7) is 7.31. The average molecular weight is 551 g/mol. The molecule has 5 rings (SSSR count). The largest absolute Gasteiger partial charge is 0.468 e. The third-order valence-electron chi connectivity index (χ3n) is 8.09. The number of benzene rings is 3. The highest BCUT2D eigenvalue weighted by molar-refractivity contribution is 5.94. The van der Waals surface area contributed by atoms with E-state index in [0.29, 0.717) is 0 Å². The fraction of sp³-hybridized carbons (Fsp3) is 0.343. The van der Waals surface area contributed by atoms with Crippen molar-refractivity contribution in [2.24, 2.45) is 0 Å². The summed E-state index contributed by atoms with van der Waals surface area (Å²) in [6.07, 6.45) is 5.76. The van der Waals surface area contributed by atoms with E-state index in [-0.39, 0.29) is 18.1 Å². The Morgan fingerprint density at radius 3 is 2.34 bits per heavy atom. The van der Waals surface area contributed by atoms with Gasteiger partial charge in [-0.1, -0.05) is 85.8 Å². The molecular formula is C35H42N4O2. The molecule has 2 N–H and O–H groups in total. The van der Waals surface area contributed by atoms with Crippen LogP contribution in [0.4, 0.5) is 10.5 Å². The number of likely N-dealkylation sites (N-methyl/N-ethyl adjacent to an activating group) is 1. The molecule has 1 aliphatic heterocycles. The molecule has 1 saturated heterocycles. The molecule has 1 fully saturated rings. The fourth-order valence-corrected chi connectivity index (χ4v) is 5.87. The zero-order valence-electron chi connectivity index (χ0n) is 24.0. The molecule has 0 bridgehead atoms. The molecule has 0 saturated carbocycles. The average Bonchev–Trinajstić information content (AvgIpc) is 3.55. The van der Waals surface area contributed by atoms with E-state index in [1.54, 1.807) is 6.26 Å². The number of hydrogen-bond acceptors (Lipinski definition) is 4. The number of likely N-dealkylation sites (tertiary alicyclic amines) is 1. The summed E-state index contributed by atoms with van der Waals surface area (Å²) >= 11 is 0. The fourth-order valence-electron chi connectivity index (χ4n) is 5.87. The Labute approximate surface area is 244 Å². The van der Waals surface area contributed by atoms with Crippen molar-refractivity contribution in [2.45, 2.75) is 44.7 Å². The van der Waals surface area contributed by atoms with Gasteiger partial charge in [-0.25, -0.2) is 4.79 Å². The lowest BCUT2D eigenvalue weighted by molar-refractivity contribution is 0.154. The summed E-state index contributed by atoms with van der Waals surface area (Å²) < 4.78 is 5.87. The van der Waals surface area contributed by atoms with Crippen molar-refractivity contribution in [1.82, 2.24) is 15.1 Å². The molecule has 0 aliphatic carbocycles. The summed E-state index contributed by atoms with van der Waals surface area (Å²) in [4.78, 5) is 17.9. The number of nitrogens with zero attached hydrogens (tertiary/aromatic N) is 2. The second-order valence-electron chi connectivity index (χ2n) is 10.8. The predicted octanol–water partition coefficient (Wildman–Crippen LogP) is 7.23. The summed E-state index contributed by atoms with van der Waals surface area (Å²) in [5, 5.41) is 6.29. The number of hydrogen-bond donors (Lipinski definition) is 2. The third-order valence-corrected chi connectivity index (χ3v) is 8.09. The van der Waals surface area contributed by atoms with Gasteiger partial charge in [-0.3, -0.25) is 4.90 Å². The highest BCUT2D eigenvalue weighted by Gasteiger charge is 2.24. The quantitative estimate of drug-likeness (QED) is 0.195. The Morgan fingerprint density at radius 2 is 1.63 bits per heavy atom. The molecule has 6 nitrogen and oxygen atoms in total. The smallest absolute Gasteiger partial charge is 0.319 e. The normalized spacial score (nSPS) is 15.1. The molecule has 6 heteroatoms. The molecule has 0 radical (unpaired) electrons. The number of urea groups is 1. The molecule has 2 amide bonds. The Bertz CT molecular complexity index is 1320. The second kappa shape index (κ2) is 14.7. The van der Waals surface area contributed by atoms with E-state index in [2.05, 4.69) is 75.9 Å². The first-order valence-electron chi connectivity index (χ1n) is 15.0. The predicted molar refractivity (Wildman–Crippen MR) is 167 cm³/mol. The Balaban J connectivity index is 1.07. The molecule has 214 valence electrons. The van der Waals surface area contributed by atoms with E-state index < -0.39 is 0 Å². The van der Waals surface area contributed by atoms with Crippen LogP contribution in [0.25, 0.3) is 11.1 Å². The van der Waals surface area contributed by atoms with Crippen molar-refractivity contribution in [3.8, 4) is 11.1 Å². The van der Waals surface area contributed by atoms with Gasteiger partial charge in [0.15, 0.2) is 0 Å². The maximum Gasteiger partial charge on any atom is 0.319 e. The number of anilines is 1. The Kier molecular flexibility index (Phi) is 10.3. The van der Waals surface area contributed by atoms with Crippen molar-refractivity contribution < 1.29 is 9.21 Å². The van der Waals surface area contributed by atoms with E-state index in [9.17, 15) is 4.79 Å². The molecule has 1 unspecified atom stereocenters. The van der Waals surface area contributed by atoms with Crippen LogP contribution in [0, 0.1) is 0 Å². The monoisotopic (exact) mass is 550 g/mol. The summed E-state index contributed by atoms with van der Waals surface area (Å²) in [5.41, 5.74) is 4.27. The zero-order valence-corrected chi connectivity index (χ0v) is 24.0. The summed E-state index contributed by atoms with van der Waals surface area (Å²) in [6, 6.07) is 33.2. The van der Waals surface area contributed by atoms with Crippen LogP contribution in [0.1, 0.15) is 43.6 Å². The van der Waals surface area contributed by atoms with Crippen LogP contribution in [-0.4, -0.2) is 54.6 Å². The highest BCUT2D eigenvalue weighted by atomic mass is 16.3. The van der Waals surface area contributed by atoms with Gasteiger partial charge in [0.05, 0.1) is 18.0 Å². The number of furan rings is 1. The van der Waals surface area contributed by atoms with Gasteiger partial charge in [-0.15, -0.1) is 0 Å². The van der Waals surface area contributed by atoms with Gasteiger partial charge >= 0.3 is 6.03 Å². The Hall–Kier alpha value is -3.87. The Morgan fingerprint density at radius 1 is 0.927 bits per heavy atom. The van der Waals surface area contributed by atoms with Crippen molar-refractivity contribution >= 4 is 11.7 Å². The zero-order chi connectivity index (χ0) is 28.3. The van der Waals surface area contributed by atoms with E-state index in [1.807, 2.05) is 48.5 Å². The second-order valence-corrected chi connectivity index (χ2v) is 10.8. The van der Waals surface area contributed by atoms with Gasteiger partial charge in [-0.05, 0) is 68.1 Å². The number of amides is 2. The highest BCUT2D eigenvalue weighted by Crippen LogP contribution is 2.28. The van der Waals surface area contributed by atoms with E-state index in [0.717, 1.165) is 81.0 Å². The third kappa shape index (κ3) is 8.09. The molecule has 2 heterocycles. The maximum absolute atomic E-state index is 12.9. The van der Waals surface area contributed by atoms with Crippen molar-refractivity contribution in [1.29, 1.82) is 0 Å². The SMILES string of the molecule is CCN(CCCN1CCC(NC(=O)Nc2ccccc2-c2ccccc2)CC1)C(Cc1ccccc1)c1ccco1. The number of carbonyl (C=O) groups excluding carboxylic acids is 1. The van der Waals surface area contributed by atoms with Gasteiger partial charge in [-0.2, -0.15) is 0 Å². The molecular weight excluding hydrogens is 508 g/mol. The number of rotatable bonds is 12. The molecule has 3 aromatic carbocycles. The van der Waals surface area contributed by atoms with Gasteiger partial charge in [0.25, 0.3) is 0 Å². The molecule has 0 spiro atoms. The number of para-hydroxylation sites is 1. The van der Waals surface area contributed by atoms with Crippen LogP contribution < -0.4 is 10.6 Å². The van der Waals surface area contributed by atoms with Crippen LogP contribution >= 0.6 is 0 Å². The first-order chi connectivity index (χ1) is 20.2. The minimum atomic E-state index is -0.132. The lowest BCUT2D eigenvalue weighted by atomic mass is 10.0. The van der Waals surface area contributed by atoms with E-state index >= 15 is 0 Å².